The third-order valence-corrected chi connectivity index (χ3v) is 3.62. The van der Waals surface area contributed by atoms with Crippen LogP contribution in [-0.2, 0) is 9.47 Å². The van der Waals surface area contributed by atoms with Crippen LogP contribution in [0, 0.1) is 5.41 Å². The molecule has 0 radical (unpaired) electrons. The summed E-state index contributed by atoms with van der Waals surface area (Å²) in [5.41, 5.74) is 1.34. The Morgan fingerprint density at radius 1 is 1.17 bits per heavy atom. The molecule has 1 unspecified atom stereocenters. The van der Waals surface area contributed by atoms with Crippen LogP contribution in [0.2, 0.25) is 5.02 Å². The van der Waals surface area contributed by atoms with Crippen LogP contribution in [0.3, 0.4) is 0 Å². The number of esters is 1. The van der Waals surface area contributed by atoms with Crippen molar-refractivity contribution in [3.63, 3.8) is 0 Å². The second-order valence-electron chi connectivity index (χ2n) is 6.18. The first-order valence-corrected chi connectivity index (χ1v) is 7.66. The lowest BCUT2D eigenvalue weighted by molar-refractivity contribution is 0.0405. The summed E-state index contributed by atoms with van der Waals surface area (Å²) in [6, 6.07) is 6.53. The second kappa shape index (κ2) is 7.01. The van der Waals surface area contributed by atoms with Crippen LogP contribution in [0.4, 0.5) is 0 Å². The first-order valence-electron chi connectivity index (χ1n) is 7.28. The molecule has 2 rings (SSSR count). The molecule has 1 aromatic rings. The molecule has 0 aliphatic carbocycles. The van der Waals surface area contributed by atoms with Gasteiger partial charge in [-0.25, -0.2) is 9.79 Å². The van der Waals surface area contributed by atoms with Gasteiger partial charge in [0.05, 0.1) is 12.7 Å². The Labute approximate surface area is 141 Å². The fourth-order valence-electron chi connectivity index (χ4n) is 2.02. The van der Waals surface area contributed by atoms with Crippen molar-refractivity contribution in [2.75, 3.05) is 7.11 Å². The standard InChI is InChI=1S/C18H20ClNO3/c1-18(2,3)13-7-10-15(22-4)20-16(11-13)23-17(21)12-5-8-14(19)9-6-12/h5-11,16H,1-4H3. The van der Waals surface area contributed by atoms with Gasteiger partial charge in [0.25, 0.3) is 0 Å². The van der Waals surface area contributed by atoms with E-state index in [0.717, 1.165) is 5.57 Å². The van der Waals surface area contributed by atoms with E-state index in [1.165, 1.54) is 7.11 Å². The van der Waals surface area contributed by atoms with E-state index in [-0.39, 0.29) is 5.41 Å². The number of allylic oxidation sites excluding steroid dienone is 2. The lowest BCUT2D eigenvalue weighted by Gasteiger charge is -2.21. The minimum atomic E-state index is -0.739. The normalized spacial score (nSPS) is 17.9. The number of carbonyl (C=O) groups is 1. The minimum Gasteiger partial charge on any atom is -0.481 e. The van der Waals surface area contributed by atoms with E-state index < -0.39 is 12.2 Å². The molecular weight excluding hydrogens is 314 g/mol. The monoisotopic (exact) mass is 333 g/mol. The molecule has 1 heterocycles. The Morgan fingerprint density at radius 3 is 2.39 bits per heavy atom. The summed E-state index contributed by atoms with van der Waals surface area (Å²) in [5.74, 6) is -0.0494. The van der Waals surface area contributed by atoms with Crippen molar-refractivity contribution < 1.29 is 14.3 Å². The van der Waals surface area contributed by atoms with Gasteiger partial charge in [-0.05, 0) is 41.3 Å². The number of halogens is 1. The average Bonchev–Trinajstić information content (AvgIpc) is 2.69. The Kier molecular flexibility index (Phi) is 5.26. The van der Waals surface area contributed by atoms with Gasteiger partial charge in [-0.3, -0.25) is 0 Å². The molecule has 0 saturated carbocycles. The molecule has 0 fully saturated rings. The molecule has 1 aliphatic heterocycles. The molecule has 0 bridgehead atoms. The first-order chi connectivity index (χ1) is 10.8. The number of ether oxygens (including phenoxy) is 2. The molecule has 23 heavy (non-hydrogen) atoms. The number of aliphatic imine (C=N–C) groups is 1. The van der Waals surface area contributed by atoms with E-state index in [0.29, 0.717) is 16.5 Å². The van der Waals surface area contributed by atoms with Crippen molar-refractivity contribution in [2.24, 2.45) is 10.4 Å². The lowest BCUT2D eigenvalue weighted by Crippen LogP contribution is -2.18. The van der Waals surface area contributed by atoms with Gasteiger partial charge in [0.2, 0.25) is 12.1 Å². The zero-order valence-corrected chi connectivity index (χ0v) is 14.4. The third-order valence-electron chi connectivity index (χ3n) is 3.36. The van der Waals surface area contributed by atoms with Crippen LogP contribution in [0.1, 0.15) is 31.1 Å². The number of rotatable bonds is 2. The summed E-state index contributed by atoms with van der Waals surface area (Å²) >= 11 is 5.83. The van der Waals surface area contributed by atoms with Crippen LogP contribution in [0.25, 0.3) is 0 Å². The molecule has 0 spiro atoms. The Hall–Kier alpha value is -2.07. The second-order valence-corrected chi connectivity index (χ2v) is 6.62. The molecule has 0 amide bonds. The highest BCUT2D eigenvalue weighted by atomic mass is 35.5. The fraction of sp³-hybridized carbons (Fsp3) is 0.333. The predicted molar refractivity (Wildman–Crippen MR) is 91.8 cm³/mol. The zero-order valence-electron chi connectivity index (χ0n) is 13.7. The summed E-state index contributed by atoms with van der Waals surface area (Å²) in [6.07, 6.45) is 4.79. The van der Waals surface area contributed by atoms with Gasteiger partial charge in [-0.2, -0.15) is 0 Å². The number of hydrogen-bond acceptors (Lipinski definition) is 4. The van der Waals surface area contributed by atoms with Crippen LogP contribution in [0.5, 0.6) is 0 Å². The third kappa shape index (κ3) is 4.70. The molecule has 1 aromatic carbocycles. The molecule has 122 valence electrons. The molecule has 5 heteroatoms. The van der Waals surface area contributed by atoms with E-state index in [1.54, 1.807) is 30.3 Å². The van der Waals surface area contributed by atoms with Gasteiger partial charge in [-0.1, -0.05) is 38.4 Å². The highest BCUT2D eigenvalue weighted by Crippen LogP contribution is 2.28. The van der Waals surface area contributed by atoms with Crippen LogP contribution >= 0.6 is 11.6 Å². The molecular formula is C18H20ClNO3. The number of nitrogens with zero attached hydrogens (tertiary/aromatic N) is 1. The highest BCUT2D eigenvalue weighted by molar-refractivity contribution is 6.30. The van der Waals surface area contributed by atoms with Crippen molar-refractivity contribution in [3.8, 4) is 0 Å². The van der Waals surface area contributed by atoms with Gasteiger partial charge in [0.1, 0.15) is 0 Å². The number of carbonyl (C=O) groups excluding carboxylic acids is 1. The molecule has 0 N–H and O–H groups in total. The van der Waals surface area contributed by atoms with E-state index in [2.05, 4.69) is 25.8 Å². The number of methoxy groups -OCH3 is 1. The SMILES string of the molecule is COC1=NC(OC(=O)c2ccc(Cl)cc2)C=C(C(C)(C)C)C=C1. The summed E-state index contributed by atoms with van der Waals surface area (Å²) in [7, 11) is 1.53. The van der Waals surface area contributed by atoms with Crippen molar-refractivity contribution in [2.45, 2.75) is 27.0 Å². The van der Waals surface area contributed by atoms with Crippen LogP contribution in [-0.4, -0.2) is 25.2 Å². The van der Waals surface area contributed by atoms with Gasteiger partial charge in [0.15, 0.2) is 0 Å². The summed E-state index contributed by atoms with van der Waals surface area (Å²) < 4.78 is 10.7. The maximum Gasteiger partial charge on any atom is 0.340 e. The van der Waals surface area contributed by atoms with Gasteiger partial charge in [0, 0.05) is 11.1 Å². The summed E-state index contributed by atoms with van der Waals surface area (Å²) in [6.45, 7) is 6.25. The number of hydrogen-bond donors (Lipinski definition) is 0. The number of benzene rings is 1. The first kappa shape index (κ1) is 17.3. The summed E-state index contributed by atoms with van der Waals surface area (Å²) in [5, 5.41) is 0.565. The Morgan fingerprint density at radius 2 is 1.83 bits per heavy atom. The summed E-state index contributed by atoms with van der Waals surface area (Å²) in [4.78, 5) is 16.6. The largest absolute Gasteiger partial charge is 0.481 e. The molecule has 1 aliphatic rings. The minimum absolute atomic E-state index is 0.0971. The topological polar surface area (TPSA) is 47.9 Å². The molecule has 0 aromatic heterocycles. The molecule has 4 nitrogen and oxygen atoms in total. The van der Waals surface area contributed by atoms with Crippen molar-refractivity contribution >= 4 is 23.5 Å². The van der Waals surface area contributed by atoms with Gasteiger partial charge in [-0.15, -0.1) is 0 Å². The zero-order chi connectivity index (χ0) is 17.0. The Bertz CT molecular complexity index is 667. The van der Waals surface area contributed by atoms with Crippen molar-refractivity contribution in [3.05, 3.63) is 58.7 Å². The van der Waals surface area contributed by atoms with E-state index in [9.17, 15) is 4.79 Å². The van der Waals surface area contributed by atoms with Gasteiger partial charge >= 0.3 is 5.97 Å². The maximum absolute atomic E-state index is 12.3. The van der Waals surface area contributed by atoms with E-state index >= 15 is 0 Å². The van der Waals surface area contributed by atoms with Crippen LogP contribution < -0.4 is 0 Å². The molecule has 0 saturated heterocycles. The maximum atomic E-state index is 12.3. The van der Waals surface area contributed by atoms with Crippen molar-refractivity contribution in [1.29, 1.82) is 0 Å². The van der Waals surface area contributed by atoms with Crippen molar-refractivity contribution in [1.82, 2.24) is 0 Å². The fourth-order valence-corrected chi connectivity index (χ4v) is 2.15. The Balaban J connectivity index is 2.24. The van der Waals surface area contributed by atoms with E-state index in [1.807, 2.05) is 12.2 Å². The van der Waals surface area contributed by atoms with Gasteiger partial charge < -0.3 is 9.47 Å². The smallest absolute Gasteiger partial charge is 0.340 e. The quantitative estimate of drug-likeness (QED) is 0.753. The predicted octanol–water partition coefficient (Wildman–Crippen LogP) is 4.41. The van der Waals surface area contributed by atoms with Crippen LogP contribution in [0.15, 0.2) is 53.1 Å². The highest BCUT2D eigenvalue weighted by Gasteiger charge is 2.22. The van der Waals surface area contributed by atoms with E-state index in [4.69, 9.17) is 21.1 Å². The average molecular weight is 334 g/mol. The lowest BCUT2D eigenvalue weighted by atomic mass is 9.86. The molecule has 1 atom stereocenters.